The third kappa shape index (κ3) is 7.48. The Morgan fingerprint density at radius 2 is 1.92 bits per heavy atom. The first kappa shape index (κ1) is 19.8. The van der Waals surface area contributed by atoms with Gasteiger partial charge in [-0.3, -0.25) is 9.59 Å². The van der Waals surface area contributed by atoms with Gasteiger partial charge < -0.3 is 15.5 Å². The molecule has 1 heterocycles. The largest absolute Gasteiger partial charge is 0.353 e. The maximum absolute atomic E-state index is 12.0. The van der Waals surface area contributed by atoms with Crippen molar-refractivity contribution in [3.63, 3.8) is 0 Å². The topological polar surface area (TPSA) is 61.4 Å². The molecule has 0 unspecified atom stereocenters. The minimum Gasteiger partial charge on any atom is -0.353 e. The summed E-state index contributed by atoms with van der Waals surface area (Å²) in [6.45, 7) is 7.45. The van der Waals surface area contributed by atoms with E-state index < -0.39 is 0 Å². The summed E-state index contributed by atoms with van der Waals surface area (Å²) >= 11 is 1.36. The molecule has 25 heavy (non-hydrogen) atoms. The molecule has 0 aromatic heterocycles. The Morgan fingerprint density at radius 1 is 1.20 bits per heavy atom. The third-order valence-electron chi connectivity index (χ3n) is 4.26. The number of nitrogens with zero attached hydrogens (tertiary/aromatic N) is 1. The van der Waals surface area contributed by atoms with E-state index in [-0.39, 0.29) is 23.6 Å². The van der Waals surface area contributed by atoms with Crippen LogP contribution in [0.3, 0.4) is 0 Å². The predicted molar refractivity (Wildman–Crippen MR) is 105 cm³/mol. The zero-order valence-electron chi connectivity index (χ0n) is 15.2. The van der Waals surface area contributed by atoms with Crippen molar-refractivity contribution >= 4 is 29.3 Å². The summed E-state index contributed by atoms with van der Waals surface area (Å²) in [4.78, 5) is 26.4. The van der Waals surface area contributed by atoms with Crippen molar-refractivity contribution in [3.05, 3.63) is 29.8 Å². The van der Waals surface area contributed by atoms with Gasteiger partial charge in [-0.1, -0.05) is 19.1 Å². The van der Waals surface area contributed by atoms with Crippen LogP contribution in [0.15, 0.2) is 24.3 Å². The van der Waals surface area contributed by atoms with Gasteiger partial charge in [-0.15, -0.1) is 11.8 Å². The number of benzene rings is 1. The highest BCUT2D eigenvalue weighted by Gasteiger charge is 2.20. The first-order valence-corrected chi connectivity index (χ1v) is 10.2. The average Bonchev–Trinajstić information content (AvgIpc) is 2.57. The van der Waals surface area contributed by atoms with Gasteiger partial charge in [0.2, 0.25) is 11.8 Å². The van der Waals surface area contributed by atoms with Gasteiger partial charge in [-0.25, -0.2) is 0 Å². The van der Waals surface area contributed by atoms with Crippen LogP contribution >= 0.6 is 11.8 Å². The molecule has 2 N–H and O–H groups in total. The Labute approximate surface area is 154 Å². The van der Waals surface area contributed by atoms with Crippen molar-refractivity contribution in [2.45, 2.75) is 39.2 Å². The van der Waals surface area contributed by atoms with Crippen LogP contribution in [-0.4, -0.2) is 53.9 Å². The van der Waals surface area contributed by atoms with Gasteiger partial charge in [-0.2, -0.15) is 0 Å². The monoisotopic (exact) mass is 363 g/mol. The van der Waals surface area contributed by atoms with Crippen LogP contribution in [0.1, 0.15) is 31.7 Å². The second-order valence-electron chi connectivity index (χ2n) is 6.59. The fourth-order valence-electron chi connectivity index (χ4n) is 3.04. The van der Waals surface area contributed by atoms with E-state index in [2.05, 4.69) is 22.5 Å². The van der Waals surface area contributed by atoms with E-state index in [1.807, 2.05) is 31.2 Å². The molecule has 0 atom stereocenters. The molecule has 1 aliphatic heterocycles. The van der Waals surface area contributed by atoms with Crippen LogP contribution < -0.4 is 10.6 Å². The minimum absolute atomic E-state index is 0.0299. The second-order valence-corrected chi connectivity index (χ2v) is 7.58. The molecule has 0 spiro atoms. The number of hydrogen-bond acceptors (Lipinski definition) is 4. The summed E-state index contributed by atoms with van der Waals surface area (Å²) in [6.07, 6.45) is 3.22. The molecule has 5 nitrogen and oxygen atoms in total. The Morgan fingerprint density at radius 3 is 2.60 bits per heavy atom. The van der Waals surface area contributed by atoms with Crippen LogP contribution in [0.5, 0.6) is 0 Å². The third-order valence-corrected chi connectivity index (χ3v) is 5.19. The van der Waals surface area contributed by atoms with Gasteiger partial charge in [0.05, 0.1) is 11.5 Å². The standard InChI is InChI=1S/C19H29N3O2S/c1-3-9-22-10-7-16(8-11-22)20-18(23)13-25-14-19(24)21-17-6-4-5-15(2)12-17/h4-6,12,16H,3,7-11,13-14H2,1-2H3,(H,20,23)(H,21,24). The summed E-state index contributed by atoms with van der Waals surface area (Å²) in [7, 11) is 0. The molecule has 1 aromatic rings. The molecule has 0 saturated carbocycles. The van der Waals surface area contributed by atoms with E-state index in [9.17, 15) is 9.59 Å². The molecule has 6 heteroatoms. The van der Waals surface area contributed by atoms with Crippen LogP contribution in [0.4, 0.5) is 5.69 Å². The minimum atomic E-state index is -0.0729. The molecule has 1 aliphatic rings. The maximum atomic E-state index is 12.0. The number of likely N-dealkylation sites (tertiary alicyclic amines) is 1. The fourth-order valence-corrected chi connectivity index (χ4v) is 3.67. The number of hydrogen-bond donors (Lipinski definition) is 2. The molecule has 2 rings (SSSR count). The number of aryl methyl sites for hydroxylation is 1. The van der Waals surface area contributed by atoms with Crippen molar-refractivity contribution in [3.8, 4) is 0 Å². The Hall–Kier alpha value is -1.53. The zero-order chi connectivity index (χ0) is 18.1. The lowest BCUT2D eigenvalue weighted by molar-refractivity contribution is -0.119. The van der Waals surface area contributed by atoms with Gasteiger partial charge >= 0.3 is 0 Å². The van der Waals surface area contributed by atoms with Gasteiger partial charge in [0.25, 0.3) is 0 Å². The van der Waals surface area contributed by atoms with Crippen LogP contribution in [0.25, 0.3) is 0 Å². The van der Waals surface area contributed by atoms with Gasteiger partial charge in [0.15, 0.2) is 0 Å². The van der Waals surface area contributed by atoms with Gasteiger partial charge in [-0.05, 0) is 50.4 Å². The molecule has 1 aromatic carbocycles. The number of rotatable bonds is 8. The van der Waals surface area contributed by atoms with Crippen molar-refractivity contribution in [2.75, 3.05) is 36.5 Å². The van der Waals surface area contributed by atoms with Crippen LogP contribution in [0, 0.1) is 6.92 Å². The fraction of sp³-hybridized carbons (Fsp3) is 0.579. The highest BCUT2D eigenvalue weighted by Crippen LogP contribution is 2.12. The van der Waals surface area contributed by atoms with Crippen molar-refractivity contribution < 1.29 is 9.59 Å². The molecule has 0 radical (unpaired) electrons. The molecule has 0 aliphatic carbocycles. The highest BCUT2D eigenvalue weighted by atomic mass is 32.2. The first-order chi connectivity index (χ1) is 12.1. The summed E-state index contributed by atoms with van der Waals surface area (Å²) in [5.41, 5.74) is 1.91. The summed E-state index contributed by atoms with van der Waals surface area (Å²) in [6, 6.07) is 7.98. The van der Waals surface area contributed by atoms with Crippen LogP contribution in [-0.2, 0) is 9.59 Å². The Balaban J connectivity index is 1.60. The summed E-state index contributed by atoms with van der Waals surface area (Å²) < 4.78 is 0. The Kier molecular flexibility index (Phi) is 8.28. The molecular weight excluding hydrogens is 334 g/mol. The SMILES string of the molecule is CCCN1CCC(NC(=O)CSCC(=O)Nc2cccc(C)c2)CC1. The summed E-state index contributed by atoms with van der Waals surface area (Å²) in [5.74, 6) is 0.575. The molecule has 1 fully saturated rings. The highest BCUT2D eigenvalue weighted by molar-refractivity contribution is 8.00. The quantitative estimate of drug-likeness (QED) is 0.745. The molecular formula is C19H29N3O2S. The Bertz CT molecular complexity index is 572. The predicted octanol–water partition coefficient (Wildman–Crippen LogP) is 2.66. The number of amides is 2. The normalized spacial score (nSPS) is 15.8. The lowest BCUT2D eigenvalue weighted by Crippen LogP contribution is -2.45. The maximum Gasteiger partial charge on any atom is 0.234 e. The number of nitrogens with one attached hydrogen (secondary N) is 2. The van der Waals surface area contributed by atoms with Gasteiger partial charge in [0, 0.05) is 24.8 Å². The number of thioether (sulfide) groups is 1. The lowest BCUT2D eigenvalue weighted by Gasteiger charge is -2.32. The lowest BCUT2D eigenvalue weighted by atomic mass is 10.1. The van der Waals surface area contributed by atoms with E-state index >= 15 is 0 Å². The zero-order valence-corrected chi connectivity index (χ0v) is 16.0. The summed E-state index contributed by atoms with van der Waals surface area (Å²) in [5, 5.41) is 5.95. The van der Waals surface area contributed by atoms with Crippen molar-refractivity contribution in [2.24, 2.45) is 0 Å². The number of carbonyl (C=O) groups excluding carboxylic acids is 2. The van der Waals surface area contributed by atoms with E-state index in [0.29, 0.717) is 5.75 Å². The van der Waals surface area contributed by atoms with E-state index in [1.54, 1.807) is 0 Å². The molecule has 2 amide bonds. The van der Waals surface area contributed by atoms with E-state index in [0.717, 1.165) is 43.7 Å². The number of anilines is 1. The number of piperidine rings is 1. The molecule has 138 valence electrons. The van der Waals surface area contributed by atoms with Gasteiger partial charge in [0.1, 0.15) is 0 Å². The second kappa shape index (κ2) is 10.5. The van der Waals surface area contributed by atoms with E-state index in [1.165, 1.54) is 18.2 Å². The van der Waals surface area contributed by atoms with Crippen LogP contribution in [0.2, 0.25) is 0 Å². The van der Waals surface area contributed by atoms with Crippen molar-refractivity contribution in [1.82, 2.24) is 10.2 Å². The molecule has 1 saturated heterocycles. The first-order valence-electron chi connectivity index (χ1n) is 9.03. The van der Waals surface area contributed by atoms with Crippen molar-refractivity contribution in [1.29, 1.82) is 0 Å². The molecule has 0 bridgehead atoms. The number of carbonyl (C=O) groups is 2. The van der Waals surface area contributed by atoms with E-state index in [4.69, 9.17) is 0 Å². The smallest absolute Gasteiger partial charge is 0.234 e. The average molecular weight is 364 g/mol.